The summed E-state index contributed by atoms with van der Waals surface area (Å²) in [5.41, 5.74) is 0.348. The fourth-order valence-corrected chi connectivity index (χ4v) is 2.46. The number of amides is 2. The molecular formula is C10H8BrFN2O2S. The third-order valence-electron chi connectivity index (χ3n) is 2.18. The summed E-state index contributed by atoms with van der Waals surface area (Å²) >= 11 is 4.26. The van der Waals surface area contributed by atoms with E-state index < -0.39 is 11.9 Å². The maximum Gasteiger partial charge on any atom is 0.279 e. The summed E-state index contributed by atoms with van der Waals surface area (Å²) in [6, 6.07) is 3.44. The van der Waals surface area contributed by atoms with E-state index in [2.05, 4.69) is 26.6 Å². The standard InChI is InChI=1S/C10H8BrFN2O2S/c11-6-2-1-5(12)3-7(6)13-9(15)8-4-17-10(16)14-8/h1-3,8H,4H2,(H,13,15)(H,14,16). The molecule has 1 unspecified atom stereocenters. The smallest absolute Gasteiger partial charge is 0.279 e. The highest BCUT2D eigenvalue weighted by Crippen LogP contribution is 2.24. The maximum atomic E-state index is 13.0. The first kappa shape index (κ1) is 12.4. The molecule has 0 radical (unpaired) electrons. The molecule has 2 rings (SSSR count). The minimum absolute atomic E-state index is 0.219. The molecule has 1 aromatic carbocycles. The van der Waals surface area contributed by atoms with E-state index in [0.717, 1.165) is 11.8 Å². The molecule has 1 fully saturated rings. The Hall–Kier alpha value is -1.08. The van der Waals surface area contributed by atoms with Gasteiger partial charge in [-0.15, -0.1) is 0 Å². The summed E-state index contributed by atoms with van der Waals surface area (Å²) in [7, 11) is 0. The molecule has 4 nitrogen and oxygen atoms in total. The SMILES string of the molecule is O=C1NC(C(=O)Nc2cc(F)ccc2Br)CS1. The molecule has 1 saturated heterocycles. The van der Waals surface area contributed by atoms with Crippen molar-refractivity contribution in [3.05, 3.63) is 28.5 Å². The summed E-state index contributed by atoms with van der Waals surface area (Å²) in [6.07, 6.45) is 0. The van der Waals surface area contributed by atoms with E-state index in [1.807, 2.05) is 0 Å². The van der Waals surface area contributed by atoms with E-state index in [1.165, 1.54) is 18.2 Å². The van der Waals surface area contributed by atoms with Crippen LogP contribution in [0, 0.1) is 5.82 Å². The van der Waals surface area contributed by atoms with E-state index in [0.29, 0.717) is 15.9 Å². The van der Waals surface area contributed by atoms with Crippen LogP contribution in [0.1, 0.15) is 0 Å². The highest BCUT2D eigenvalue weighted by atomic mass is 79.9. The highest BCUT2D eigenvalue weighted by Gasteiger charge is 2.28. The second kappa shape index (κ2) is 5.05. The molecule has 0 bridgehead atoms. The van der Waals surface area contributed by atoms with Gasteiger partial charge in [0.05, 0.1) is 5.69 Å². The molecule has 0 saturated carbocycles. The molecule has 1 heterocycles. The molecule has 0 aromatic heterocycles. The Balaban J connectivity index is 2.07. The van der Waals surface area contributed by atoms with E-state index in [9.17, 15) is 14.0 Å². The van der Waals surface area contributed by atoms with Gasteiger partial charge in [-0.1, -0.05) is 11.8 Å². The number of carbonyl (C=O) groups excluding carboxylic acids is 2. The predicted octanol–water partition coefficient (Wildman–Crippen LogP) is 2.35. The third-order valence-corrected chi connectivity index (χ3v) is 3.75. The summed E-state index contributed by atoms with van der Waals surface area (Å²) in [5, 5.41) is 4.85. The second-order valence-corrected chi connectivity index (χ2v) is 5.26. The van der Waals surface area contributed by atoms with Crippen molar-refractivity contribution in [1.29, 1.82) is 0 Å². The van der Waals surface area contributed by atoms with Crippen molar-refractivity contribution in [3.8, 4) is 0 Å². The van der Waals surface area contributed by atoms with Crippen molar-refractivity contribution in [2.24, 2.45) is 0 Å². The van der Waals surface area contributed by atoms with Gasteiger partial charge in [0.1, 0.15) is 11.9 Å². The second-order valence-electron chi connectivity index (χ2n) is 3.41. The first-order valence-corrected chi connectivity index (χ1v) is 6.53. The number of carbonyl (C=O) groups is 2. The number of rotatable bonds is 2. The molecule has 0 aliphatic carbocycles. The van der Waals surface area contributed by atoms with Gasteiger partial charge in [0, 0.05) is 10.2 Å². The van der Waals surface area contributed by atoms with Crippen LogP contribution >= 0.6 is 27.7 Å². The van der Waals surface area contributed by atoms with Crippen LogP contribution in [0.5, 0.6) is 0 Å². The minimum Gasteiger partial charge on any atom is -0.334 e. The molecule has 17 heavy (non-hydrogen) atoms. The van der Waals surface area contributed by atoms with Gasteiger partial charge in [-0.25, -0.2) is 4.39 Å². The van der Waals surface area contributed by atoms with E-state index >= 15 is 0 Å². The number of nitrogens with one attached hydrogen (secondary N) is 2. The Morgan fingerprint density at radius 3 is 3.00 bits per heavy atom. The average molecular weight is 319 g/mol. The van der Waals surface area contributed by atoms with Crippen LogP contribution in [0.3, 0.4) is 0 Å². The summed E-state index contributed by atoms with van der Waals surface area (Å²) in [6.45, 7) is 0. The van der Waals surface area contributed by atoms with Crippen LogP contribution in [0.25, 0.3) is 0 Å². The van der Waals surface area contributed by atoms with Crippen molar-refractivity contribution in [1.82, 2.24) is 5.32 Å². The maximum absolute atomic E-state index is 13.0. The fourth-order valence-electron chi connectivity index (χ4n) is 1.34. The van der Waals surface area contributed by atoms with Crippen molar-refractivity contribution in [2.45, 2.75) is 6.04 Å². The van der Waals surface area contributed by atoms with Crippen LogP contribution in [0.15, 0.2) is 22.7 Å². The van der Waals surface area contributed by atoms with E-state index in [1.54, 1.807) is 0 Å². The van der Waals surface area contributed by atoms with Gasteiger partial charge in [-0.05, 0) is 34.1 Å². The quantitative estimate of drug-likeness (QED) is 0.880. The van der Waals surface area contributed by atoms with Gasteiger partial charge >= 0.3 is 0 Å². The number of hydrogen-bond acceptors (Lipinski definition) is 3. The largest absolute Gasteiger partial charge is 0.334 e. The van der Waals surface area contributed by atoms with Gasteiger partial charge in [-0.3, -0.25) is 9.59 Å². The molecule has 7 heteroatoms. The monoisotopic (exact) mass is 318 g/mol. The molecule has 0 spiro atoms. The lowest BCUT2D eigenvalue weighted by Gasteiger charge is -2.11. The first-order chi connectivity index (χ1) is 8.06. The topological polar surface area (TPSA) is 58.2 Å². The van der Waals surface area contributed by atoms with Gasteiger partial charge in [0.15, 0.2) is 0 Å². The average Bonchev–Trinajstić information content (AvgIpc) is 2.70. The van der Waals surface area contributed by atoms with Gasteiger partial charge in [0.2, 0.25) is 5.91 Å². The zero-order chi connectivity index (χ0) is 12.4. The van der Waals surface area contributed by atoms with Crippen LogP contribution in [-0.2, 0) is 4.79 Å². The lowest BCUT2D eigenvalue weighted by atomic mass is 10.2. The van der Waals surface area contributed by atoms with Crippen molar-refractivity contribution < 1.29 is 14.0 Å². The fraction of sp³-hybridized carbons (Fsp3) is 0.200. The molecule has 90 valence electrons. The third kappa shape index (κ3) is 2.98. The lowest BCUT2D eigenvalue weighted by Crippen LogP contribution is -2.38. The number of hydrogen-bond donors (Lipinski definition) is 2. The van der Waals surface area contributed by atoms with Crippen LogP contribution in [-0.4, -0.2) is 22.9 Å². The van der Waals surface area contributed by atoms with E-state index in [4.69, 9.17) is 0 Å². The Morgan fingerprint density at radius 1 is 1.59 bits per heavy atom. The number of anilines is 1. The zero-order valence-corrected chi connectivity index (χ0v) is 10.9. The summed E-state index contributed by atoms with van der Waals surface area (Å²) in [4.78, 5) is 22.7. The van der Waals surface area contributed by atoms with Gasteiger partial charge < -0.3 is 10.6 Å². The molecule has 1 aliphatic rings. The highest BCUT2D eigenvalue weighted by molar-refractivity contribution is 9.10. The minimum atomic E-state index is -0.567. The Bertz CT molecular complexity index is 483. The number of halogens is 2. The van der Waals surface area contributed by atoms with Gasteiger partial charge in [0.25, 0.3) is 5.24 Å². The Labute approximate surface area is 109 Å². The first-order valence-electron chi connectivity index (χ1n) is 4.75. The van der Waals surface area contributed by atoms with Crippen molar-refractivity contribution in [2.75, 3.05) is 11.1 Å². The Kier molecular flexibility index (Phi) is 3.68. The zero-order valence-electron chi connectivity index (χ0n) is 8.50. The number of thioether (sulfide) groups is 1. The lowest BCUT2D eigenvalue weighted by molar-refractivity contribution is -0.117. The molecule has 1 aromatic rings. The normalized spacial score (nSPS) is 18.9. The molecular weight excluding hydrogens is 311 g/mol. The predicted molar refractivity (Wildman–Crippen MR) is 67.5 cm³/mol. The Morgan fingerprint density at radius 2 is 2.35 bits per heavy atom. The molecule has 2 N–H and O–H groups in total. The molecule has 1 aliphatic heterocycles. The van der Waals surface area contributed by atoms with Crippen LogP contribution in [0.4, 0.5) is 14.9 Å². The number of benzene rings is 1. The van der Waals surface area contributed by atoms with Crippen molar-refractivity contribution >= 4 is 44.5 Å². The molecule has 1 atom stereocenters. The van der Waals surface area contributed by atoms with Crippen molar-refractivity contribution in [3.63, 3.8) is 0 Å². The summed E-state index contributed by atoms with van der Waals surface area (Å²) < 4.78 is 13.6. The van der Waals surface area contributed by atoms with E-state index in [-0.39, 0.29) is 11.1 Å². The van der Waals surface area contributed by atoms with Gasteiger partial charge in [-0.2, -0.15) is 0 Å². The molecule has 2 amide bonds. The van der Waals surface area contributed by atoms with Crippen LogP contribution in [0.2, 0.25) is 0 Å². The summed E-state index contributed by atoms with van der Waals surface area (Å²) in [5.74, 6) is -0.402. The van der Waals surface area contributed by atoms with Crippen LogP contribution < -0.4 is 10.6 Å².